The van der Waals surface area contributed by atoms with Crippen LogP contribution in [0, 0.1) is 11.2 Å². The van der Waals surface area contributed by atoms with Crippen LogP contribution in [-0.2, 0) is 6.54 Å². The second kappa shape index (κ2) is 7.24. The molecule has 0 radical (unpaired) electrons. The highest BCUT2D eigenvalue weighted by atomic mass is 19.1. The third kappa shape index (κ3) is 5.17. The molecule has 0 aliphatic heterocycles. The van der Waals surface area contributed by atoms with E-state index in [9.17, 15) is 4.39 Å². The lowest BCUT2D eigenvalue weighted by Gasteiger charge is -2.24. The van der Waals surface area contributed by atoms with Gasteiger partial charge in [-0.3, -0.25) is 0 Å². The Balaban J connectivity index is 2.37. The van der Waals surface area contributed by atoms with Crippen molar-refractivity contribution in [2.45, 2.75) is 33.2 Å². The molecule has 0 aliphatic carbocycles. The van der Waals surface area contributed by atoms with Crippen molar-refractivity contribution in [1.82, 2.24) is 4.90 Å². The monoisotopic (exact) mass is 281 g/mol. The van der Waals surface area contributed by atoms with Crippen LogP contribution < -0.4 is 5.73 Å². The van der Waals surface area contributed by atoms with Gasteiger partial charge in [-0.1, -0.05) is 31.1 Å². The summed E-state index contributed by atoms with van der Waals surface area (Å²) in [7, 11) is 2.03. The van der Waals surface area contributed by atoms with E-state index >= 15 is 0 Å². The Labute approximate surface area is 120 Å². The van der Waals surface area contributed by atoms with Gasteiger partial charge < -0.3 is 15.8 Å². The van der Waals surface area contributed by atoms with Crippen molar-refractivity contribution >= 4 is 5.84 Å². The topological polar surface area (TPSA) is 61.8 Å². The number of halogens is 1. The average Bonchev–Trinajstić information content (AvgIpc) is 2.40. The van der Waals surface area contributed by atoms with Gasteiger partial charge >= 0.3 is 0 Å². The molecule has 0 heterocycles. The summed E-state index contributed by atoms with van der Waals surface area (Å²) in [6.45, 7) is 5.61. The fraction of sp³-hybridized carbons (Fsp3) is 0.533. The van der Waals surface area contributed by atoms with E-state index in [1.165, 1.54) is 12.1 Å². The summed E-state index contributed by atoms with van der Waals surface area (Å²) >= 11 is 0. The maximum Gasteiger partial charge on any atom is 0.144 e. The van der Waals surface area contributed by atoms with Crippen LogP contribution in [0.4, 0.5) is 4.39 Å². The molecule has 112 valence electrons. The number of rotatable bonds is 7. The van der Waals surface area contributed by atoms with Gasteiger partial charge in [0.15, 0.2) is 0 Å². The maximum atomic E-state index is 12.8. The molecule has 20 heavy (non-hydrogen) atoms. The highest BCUT2D eigenvalue weighted by Gasteiger charge is 2.23. The fourth-order valence-corrected chi connectivity index (χ4v) is 2.03. The molecule has 0 spiro atoms. The summed E-state index contributed by atoms with van der Waals surface area (Å²) in [5.74, 6) is 0.0515. The second-order valence-electron chi connectivity index (χ2n) is 5.84. The lowest BCUT2D eigenvalue weighted by atomic mass is 9.86. The SMILES string of the molecule is CN(CCCC(C)(C)C(N)=NO)Cc1ccc(F)cc1. The normalized spacial score (nSPS) is 12.9. The van der Waals surface area contributed by atoms with Crippen LogP contribution in [0.15, 0.2) is 29.4 Å². The predicted molar refractivity (Wildman–Crippen MR) is 79.2 cm³/mol. The highest BCUT2D eigenvalue weighted by molar-refractivity contribution is 5.85. The second-order valence-corrected chi connectivity index (χ2v) is 5.84. The van der Waals surface area contributed by atoms with E-state index < -0.39 is 0 Å². The molecule has 0 unspecified atom stereocenters. The van der Waals surface area contributed by atoms with Crippen molar-refractivity contribution < 1.29 is 9.60 Å². The van der Waals surface area contributed by atoms with Gasteiger partial charge in [-0.05, 0) is 44.1 Å². The van der Waals surface area contributed by atoms with E-state index in [1.807, 2.05) is 20.9 Å². The summed E-state index contributed by atoms with van der Waals surface area (Å²) in [6, 6.07) is 6.55. The lowest BCUT2D eigenvalue weighted by Crippen LogP contribution is -2.32. The van der Waals surface area contributed by atoms with Crippen molar-refractivity contribution in [3.05, 3.63) is 35.6 Å². The molecule has 4 nitrogen and oxygen atoms in total. The number of benzene rings is 1. The van der Waals surface area contributed by atoms with Crippen molar-refractivity contribution in [3.8, 4) is 0 Å². The molecule has 0 bridgehead atoms. The fourth-order valence-electron chi connectivity index (χ4n) is 2.03. The van der Waals surface area contributed by atoms with E-state index in [2.05, 4.69) is 10.1 Å². The van der Waals surface area contributed by atoms with Gasteiger partial charge in [-0.2, -0.15) is 0 Å². The Bertz CT molecular complexity index is 443. The van der Waals surface area contributed by atoms with Crippen LogP contribution >= 0.6 is 0 Å². The third-order valence-corrected chi connectivity index (χ3v) is 3.51. The zero-order chi connectivity index (χ0) is 15.2. The summed E-state index contributed by atoms with van der Waals surface area (Å²) in [5, 5.41) is 11.8. The number of nitrogens with two attached hydrogens (primary N) is 1. The molecule has 0 amide bonds. The molecular formula is C15H24FN3O. The molecule has 0 atom stereocenters. The van der Waals surface area contributed by atoms with E-state index in [0.29, 0.717) is 0 Å². The van der Waals surface area contributed by atoms with Gasteiger partial charge in [-0.15, -0.1) is 0 Å². The standard InChI is InChI=1S/C15H24FN3O/c1-15(2,14(17)18-20)9-4-10-19(3)11-12-5-7-13(16)8-6-12/h5-8,20H,4,9-11H2,1-3H3,(H2,17,18). The first kappa shape index (κ1) is 16.4. The van der Waals surface area contributed by atoms with Crippen LogP contribution in [0.2, 0.25) is 0 Å². The first-order valence-corrected chi connectivity index (χ1v) is 6.76. The van der Waals surface area contributed by atoms with Crippen LogP contribution in [0.25, 0.3) is 0 Å². The van der Waals surface area contributed by atoms with Crippen LogP contribution in [-0.4, -0.2) is 29.5 Å². The predicted octanol–water partition coefficient (Wildman–Crippen LogP) is 2.81. The Hall–Kier alpha value is -1.62. The van der Waals surface area contributed by atoms with E-state index in [1.54, 1.807) is 12.1 Å². The number of oxime groups is 1. The average molecular weight is 281 g/mol. The molecule has 0 saturated heterocycles. The van der Waals surface area contributed by atoms with Crippen molar-refractivity contribution in [2.75, 3.05) is 13.6 Å². The van der Waals surface area contributed by atoms with Gasteiger partial charge in [-0.25, -0.2) is 4.39 Å². The smallest absolute Gasteiger partial charge is 0.144 e. The number of hydrogen-bond acceptors (Lipinski definition) is 3. The summed E-state index contributed by atoms with van der Waals surface area (Å²) in [5.41, 5.74) is 6.44. The zero-order valence-electron chi connectivity index (χ0n) is 12.4. The molecule has 5 heteroatoms. The van der Waals surface area contributed by atoms with Gasteiger partial charge in [0.25, 0.3) is 0 Å². The molecule has 0 aliphatic rings. The van der Waals surface area contributed by atoms with Crippen LogP contribution in [0.5, 0.6) is 0 Å². The minimum absolute atomic E-state index is 0.211. The molecule has 1 aromatic rings. The third-order valence-electron chi connectivity index (χ3n) is 3.51. The minimum Gasteiger partial charge on any atom is -0.409 e. The van der Waals surface area contributed by atoms with Gasteiger partial charge in [0, 0.05) is 12.0 Å². The Morgan fingerprint density at radius 1 is 1.35 bits per heavy atom. The molecule has 0 aromatic heterocycles. The Morgan fingerprint density at radius 2 is 1.95 bits per heavy atom. The molecule has 3 N–H and O–H groups in total. The van der Waals surface area contributed by atoms with Crippen molar-refractivity contribution in [1.29, 1.82) is 0 Å². The van der Waals surface area contributed by atoms with Gasteiger partial charge in [0.2, 0.25) is 0 Å². The minimum atomic E-state index is -0.300. The number of hydrogen-bond donors (Lipinski definition) is 2. The quantitative estimate of drug-likeness (QED) is 0.350. The van der Waals surface area contributed by atoms with Gasteiger partial charge in [0.1, 0.15) is 11.7 Å². The van der Waals surface area contributed by atoms with Crippen molar-refractivity contribution in [3.63, 3.8) is 0 Å². The summed E-state index contributed by atoms with van der Waals surface area (Å²) < 4.78 is 12.8. The van der Waals surface area contributed by atoms with Crippen LogP contribution in [0.3, 0.4) is 0 Å². The molecular weight excluding hydrogens is 257 g/mol. The highest BCUT2D eigenvalue weighted by Crippen LogP contribution is 2.22. The lowest BCUT2D eigenvalue weighted by molar-refractivity contribution is 0.287. The maximum absolute atomic E-state index is 12.8. The van der Waals surface area contributed by atoms with Crippen LogP contribution in [0.1, 0.15) is 32.3 Å². The van der Waals surface area contributed by atoms with E-state index in [4.69, 9.17) is 10.9 Å². The number of amidine groups is 1. The summed E-state index contributed by atoms with van der Waals surface area (Å²) in [4.78, 5) is 2.18. The number of nitrogens with zero attached hydrogens (tertiary/aromatic N) is 2. The first-order valence-electron chi connectivity index (χ1n) is 6.76. The van der Waals surface area contributed by atoms with Crippen molar-refractivity contribution in [2.24, 2.45) is 16.3 Å². The largest absolute Gasteiger partial charge is 0.409 e. The molecule has 1 aromatic carbocycles. The Kier molecular flexibility index (Phi) is 5.95. The molecule has 0 saturated carbocycles. The van der Waals surface area contributed by atoms with E-state index in [0.717, 1.165) is 31.5 Å². The zero-order valence-corrected chi connectivity index (χ0v) is 12.4. The van der Waals surface area contributed by atoms with Gasteiger partial charge in [0.05, 0.1) is 0 Å². The first-order chi connectivity index (χ1) is 9.35. The Morgan fingerprint density at radius 3 is 2.50 bits per heavy atom. The molecule has 0 fully saturated rings. The summed E-state index contributed by atoms with van der Waals surface area (Å²) in [6.07, 6.45) is 1.79. The van der Waals surface area contributed by atoms with E-state index in [-0.39, 0.29) is 17.1 Å². The molecule has 1 rings (SSSR count).